The van der Waals surface area contributed by atoms with Crippen molar-refractivity contribution in [3.05, 3.63) is 22.7 Å². The molecule has 0 aromatic heterocycles. The minimum atomic E-state index is 0.271. The van der Waals surface area contributed by atoms with E-state index in [-0.39, 0.29) is 6.10 Å². The van der Waals surface area contributed by atoms with Crippen LogP contribution in [-0.2, 0) is 6.54 Å². The fraction of sp³-hybridized carbons (Fsp3) is 0.455. The smallest absolute Gasteiger partial charge is 0.180 e. The lowest BCUT2D eigenvalue weighted by atomic mass is 10.2. The summed E-state index contributed by atoms with van der Waals surface area (Å²) in [7, 11) is 1.57. The topological polar surface area (TPSA) is 50.7 Å². The van der Waals surface area contributed by atoms with Gasteiger partial charge in [0.2, 0.25) is 0 Å². The van der Waals surface area contributed by atoms with E-state index < -0.39 is 0 Å². The van der Waals surface area contributed by atoms with Gasteiger partial charge in [-0.2, -0.15) is 0 Å². The summed E-state index contributed by atoms with van der Waals surface area (Å²) in [4.78, 5) is 0. The fourth-order valence-corrected chi connectivity index (χ4v) is 1.71. The van der Waals surface area contributed by atoms with Gasteiger partial charge in [0.15, 0.2) is 11.5 Å². The molecule has 1 aliphatic carbocycles. The Bertz CT molecular complexity index is 380. The number of benzene rings is 1. The van der Waals surface area contributed by atoms with E-state index in [9.17, 15) is 0 Å². The summed E-state index contributed by atoms with van der Waals surface area (Å²) in [6.45, 7) is 0.319. The molecule has 16 heavy (non-hydrogen) atoms. The molecule has 1 aliphatic rings. The van der Waals surface area contributed by atoms with E-state index in [2.05, 4.69) is 5.48 Å². The first kappa shape index (κ1) is 11.5. The maximum absolute atomic E-state index is 8.63. The van der Waals surface area contributed by atoms with Gasteiger partial charge in [0.1, 0.15) is 0 Å². The van der Waals surface area contributed by atoms with Crippen LogP contribution in [0.1, 0.15) is 18.4 Å². The van der Waals surface area contributed by atoms with Gasteiger partial charge in [0, 0.05) is 6.54 Å². The summed E-state index contributed by atoms with van der Waals surface area (Å²) >= 11 is 6.11. The monoisotopic (exact) mass is 243 g/mol. The number of nitrogens with one attached hydrogen (secondary N) is 1. The lowest BCUT2D eigenvalue weighted by Gasteiger charge is -2.13. The summed E-state index contributed by atoms with van der Waals surface area (Å²) in [6, 6.07) is 3.55. The number of hydrogen-bond donors (Lipinski definition) is 2. The number of hydrogen-bond acceptors (Lipinski definition) is 4. The lowest BCUT2D eigenvalue weighted by molar-refractivity contribution is 0.161. The first-order valence-electron chi connectivity index (χ1n) is 5.14. The maximum Gasteiger partial charge on any atom is 0.180 e. The Balaban J connectivity index is 2.26. The molecule has 1 saturated carbocycles. The van der Waals surface area contributed by atoms with E-state index in [1.54, 1.807) is 19.2 Å². The van der Waals surface area contributed by atoms with Gasteiger partial charge in [-0.3, -0.25) is 0 Å². The van der Waals surface area contributed by atoms with Crippen LogP contribution in [0.4, 0.5) is 0 Å². The molecule has 0 saturated heterocycles. The third-order valence-corrected chi connectivity index (χ3v) is 2.66. The largest absolute Gasteiger partial charge is 0.493 e. The van der Waals surface area contributed by atoms with E-state index in [0.29, 0.717) is 23.1 Å². The van der Waals surface area contributed by atoms with E-state index in [0.717, 1.165) is 18.4 Å². The molecule has 88 valence electrons. The highest BCUT2D eigenvalue weighted by Crippen LogP contribution is 2.40. The van der Waals surface area contributed by atoms with Crippen LogP contribution >= 0.6 is 11.6 Å². The fourth-order valence-electron chi connectivity index (χ4n) is 1.43. The molecular formula is C11H14ClNO3. The summed E-state index contributed by atoms with van der Waals surface area (Å²) in [6.07, 6.45) is 2.41. The van der Waals surface area contributed by atoms with Crippen LogP contribution in [0.5, 0.6) is 11.5 Å². The molecule has 0 atom stereocenters. The second kappa shape index (κ2) is 4.91. The number of rotatable bonds is 5. The Labute approximate surface area is 99.1 Å². The predicted molar refractivity (Wildman–Crippen MR) is 60.3 cm³/mol. The summed E-state index contributed by atoms with van der Waals surface area (Å²) in [5.74, 6) is 1.19. The summed E-state index contributed by atoms with van der Waals surface area (Å²) < 4.78 is 10.9. The zero-order valence-electron chi connectivity index (χ0n) is 9.00. The number of hydroxylamine groups is 1. The lowest BCUT2D eigenvalue weighted by Crippen LogP contribution is -2.07. The van der Waals surface area contributed by atoms with Crippen LogP contribution in [0.2, 0.25) is 5.02 Å². The molecule has 0 spiro atoms. The Hall–Kier alpha value is -0.970. The van der Waals surface area contributed by atoms with Gasteiger partial charge in [0.05, 0.1) is 18.2 Å². The van der Waals surface area contributed by atoms with E-state index in [4.69, 9.17) is 26.3 Å². The Morgan fingerprint density at radius 2 is 2.25 bits per heavy atom. The molecule has 4 nitrogen and oxygen atoms in total. The van der Waals surface area contributed by atoms with Gasteiger partial charge in [-0.1, -0.05) is 11.6 Å². The average Bonchev–Trinajstić information content (AvgIpc) is 3.06. The van der Waals surface area contributed by atoms with E-state index in [1.165, 1.54) is 0 Å². The summed E-state index contributed by atoms with van der Waals surface area (Å²) in [5.41, 5.74) is 2.92. The highest BCUT2D eigenvalue weighted by atomic mass is 35.5. The SMILES string of the molecule is COc1cc(CNO)cc(Cl)c1OC1CC1. The number of halogens is 1. The van der Waals surface area contributed by atoms with Crippen LogP contribution in [0.25, 0.3) is 0 Å². The maximum atomic E-state index is 8.63. The Morgan fingerprint density at radius 1 is 1.50 bits per heavy atom. The van der Waals surface area contributed by atoms with Crippen LogP contribution in [0.15, 0.2) is 12.1 Å². The van der Waals surface area contributed by atoms with Gasteiger partial charge in [0.25, 0.3) is 0 Å². The van der Waals surface area contributed by atoms with Crippen molar-refractivity contribution >= 4 is 11.6 Å². The van der Waals surface area contributed by atoms with Crippen LogP contribution in [0.3, 0.4) is 0 Å². The molecule has 2 N–H and O–H groups in total. The number of methoxy groups -OCH3 is 1. The zero-order valence-corrected chi connectivity index (χ0v) is 9.75. The summed E-state index contributed by atoms with van der Waals surface area (Å²) in [5, 5.41) is 9.14. The molecule has 0 amide bonds. The molecular weight excluding hydrogens is 230 g/mol. The van der Waals surface area contributed by atoms with Gasteiger partial charge in [-0.25, -0.2) is 5.48 Å². The standard InChI is InChI=1S/C11H14ClNO3/c1-15-10-5-7(6-13-14)4-9(12)11(10)16-8-2-3-8/h4-5,8,13-14H,2-3,6H2,1H3. The highest BCUT2D eigenvalue weighted by molar-refractivity contribution is 6.32. The van der Waals surface area contributed by atoms with Crippen LogP contribution < -0.4 is 15.0 Å². The van der Waals surface area contributed by atoms with Gasteiger partial charge in [-0.15, -0.1) is 0 Å². The third kappa shape index (κ3) is 2.58. The molecule has 0 bridgehead atoms. The minimum Gasteiger partial charge on any atom is -0.493 e. The van der Waals surface area contributed by atoms with E-state index >= 15 is 0 Å². The predicted octanol–water partition coefficient (Wildman–Crippen LogP) is 2.37. The van der Waals surface area contributed by atoms with Crippen molar-refractivity contribution in [2.24, 2.45) is 0 Å². The molecule has 2 rings (SSSR count). The Kier molecular flexibility index (Phi) is 3.53. The normalized spacial score (nSPS) is 14.9. The van der Waals surface area contributed by atoms with Crippen molar-refractivity contribution in [3.63, 3.8) is 0 Å². The van der Waals surface area contributed by atoms with E-state index in [1.807, 2.05) is 0 Å². The molecule has 1 aromatic carbocycles. The van der Waals surface area contributed by atoms with Gasteiger partial charge < -0.3 is 14.7 Å². The van der Waals surface area contributed by atoms with Crippen molar-refractivity contribution in [2.45, 2.75) is 25.5 Å². The first-order chi connectivity index (χ1) is 7.74. The second-order valence-electron chi connectivity index (χ2n) is 3.76. The van der Waals surface area contributed by atoms with Gasteiger partial charge >= 0.3 is 0 Å². The van der Waals surface area contributed by atoms with Crippen LogP contribution in [-0.4, -0.2) is 18.4 Å². The second-order valence-corrected chi connectivity index (χ2v) is 4.17. The molecule has 5 heteroatoms. The average molecular weight is 244 g/mol. The minimum absolute atomic E-state index is 0.271. The Morgan fingerprint density at radius 3 is 2.81 bits per heavy atom. The molecule has 0 radical (unpaired) electrons. The zero-order chi connectivity index (χ0) is 11.5. The molecule has 0 aliphatic heterocycles. The van der Waals surface area contributed by atoms with Crippen molar-refractivity contribution in [3.8, 4) is 11.5 Å². The van der Waals surface area contributed by atoms with Crippen LogP contribution in [0, 0.1) is 0 Å². The molecule has 0 unspecified atom stereocenters. The van der Waals surface area contributed by atoms with Crippen molar-refractivity contribution < 1.29 is 14.7 Å². The molecule has 1 aromatic rings. The number of ether oxygens (including phenoxy) is 2. The van der Waals surface area contributed by atoms with Crippen molar-refractivity contribution in [1.29, 1.82) is 0 Å². The highest BCUT2D eigenvalue weighted by Gasteiger charge is 2.26. The molecule has 1 fully saturated rings. The van der Waals surface area contributed by atoms with Crippen molar-refractivity contribution in [2.75, 3.05) is 7.11 Å². The first-order valence-corrected chi connectivity index (χ1v) is 5.52. The van der Waals surface area contributed by atoms with Crippen molar-refractivity contribution in [1.82, 2.24) is 5.48 Å². The quantitative estimate of drug-likeness (QED) is 0.780. The van der Waals surface area contributed by atoms with Gasteiger partial charge in [-0.05, 0) is 30.5 Å². The third-order valence-electron chi connectivity index (χ3n) is 2.38. The molecule has 0 heterocycles.